The van der Waals surface area contributed by atoms with Crippen molar-refractivity contribution in [2.75, 3.05) is 24.4 Å². The van der Waals surface area contributed by atoms with Crippen molar-refractivity contribution in [3.63, 3.8) is 0 Å². The Balaban J connectivity index is 1.72. The maximum absolute atomic E-state index is 12.9. The summed E-state index contributed by atoms with van der Waals surface area (Å²) < 4.78 is 40.1. The Bertz CT molecular complexity index is 883. The minimum atomic E-state index is -3.81. The fraction of sp³-hybridized carbons (Fsp3) is 0.278. The Morgan fingerprint density at radius 1 is 1.15 bits per heavy atom. The van der Waals surface area contributed by atoms with Gasteiger partial charge in [-0.2, -0.15) is 0 Å². The Kier molecular flexibility index (Phi) is 5.24. The molecule has 8 heteroatoms. The lowest BCUT2D eigenvalue weighted by molar-refractivity contribution is 0.0787. The van der Waals surface area contributed by atoms with Crippen LogP contribution in [0.4, 0.5) is 10.1 Å². The molecule has 2 aromatic carbocycles. The number of likely N-dealkylation sites (tertiary alicyclic amines) is 1. The van der Waals surface area contributed by atoms with Crippen LogP contribution in [0.2, 0.25) is 0 Å². The number of nitrogens with zero attached hydrogens (tertiary/aromatic N) is 1. The molecule has 0 aliphatic carbocycles. The van der Waals surface area contributed by atoms with Gasteiger partial charge in [0.05, 0.1) is 4.90 Å². The third-order valence-electron chi connectivity index (χ3n) is 4.41. The summed E-state index contributed by atoms with van der Waals surface area (Å²) in [5.74, 6) is -0.260. The average molecular weight is 377 g/mol. The van der Waals surface area contributed by atoms with Gasteiger partial charge in [0.15, 0.2) is 0 Å². The molecule has 0 bridgehead atoms. The summed E-state index contributed by atoms with van der Waals surface area (Å²) in [5.41, 5.74) is 6.34. The number of amides is 1. The largest absolute Gasteiger partial charge is 0.338 e. The van der Waals surface area contributed by atoms with E-state index in [0.717, 1.165) is 6.42 Å². The van der Waals surface area contributed by atoms with Gasteiger partial charge in [-0.3, -0.25) is 9.52 Å². The van der Waals surface area contributed by atoms with Crippen LogP contribution in [0, 0.1) is 11.7 Å². The zero-order valence-electron chi connectivity index (χ0n) is 14.1. The predicted molar refractivity (Wildman–Crippen MR) is 96.7 cm³/mol. The molecular weight excluding hydrogens is 357 g/mol. The van der Waals surface area contributed by atoms with E-state index in [2.05, 4.69) is 4.72 Å². The first-order valence-electron chi connectivity index (χ1n) is 8.27. The van der Waals surface area contributed by atoms with Gasteiger partial charge < -0.3 is 10.6 Å². The van der Waals surface area contributed by atoms with E-state index in [-0.39, 0.29) is 16.5 Å². The van der Waals surface area contributed by atoms with Gasteiger partial charge in [-0.15, -0.1) is 0 Å². The van der Waals surface area contributed by atoms with Crippen LogP contribution < -0.4 is 10.5 Å². The number of rotatable bonds is 5. The molecule has 1 saturated heterocycles. The highest BCUT2D eigenvalue weighted by molar-refractivity contribution is 7.92. The summed E-state index contributed by atoms with van der Waals surface area (Å²) in [7, 11) is -3.81. The van der Waals surface area contributed by atoms with Crippen molar-refractivity contribution in [1.82, 2.24) is 4.90 Å². The van der Waals surface area contributed by atoms with Gasteiger partial charge in [0, 0.05) is 24.3 Å². The van der Waals surface area contributed by atoms with E-state index in [9.17, 15) is 17.6 Å². The summed E-state index contributed by atoms with van der Waals surface area (Å²) in [6.07, 6.45) is 0.885. The molecule has 1 heterocycles. The standard InChI is InChI=1S/C18H20FN3O3S/c19-15-3-5-16(6-4-15)21-26(24,25)17-7-1-14(2-8-17)18(23)22-10-9-13(11-20)12-22/h1-8,13,21H,9-12,20H2. The Morgan fingerprint density at radius 2 is 1.81 bits per heavy atom. The van der Waals surface area contributed by atoms with Crippen molar-refractivity contribution in [2.24, 2.45) is 11.7 Å². The zero-order chi connectivity index (χ0) is 18.7. The molecule has 0 saturated carbocycles. The first-order chi connectivity index (χ1) is 12.4. The Hall–Kier alpha value is -2.45. The maximum atomic E-state index is 12.9. The molecular formula is C18H20FN3O3S. The molecule has 3 N–H and O–H groups in total. The van der Waals surface area contributed by atoms with Gasteiger partial charge in [-0.1, -0.05) is 0 Å². The maximum Gasteiger partial charge on any atom is 0.261 e. The van der Waals surface area contributed by atoms with Crippen LogP contribution in [0.3, 0.4) is 0 Å². The second-order valence-electron chi connectivity index (χ2n) is 6.28. The first kappa shape index (κ1) is 18.3. The van der Waals surface area contributed by atoms with Crippen LogP contribution in [0.25, 0.3) is 0 Å². The lowest BCUT2D eigenvalue weighted by atomic mass is 10.1. The lowest BCUT2D eigenvalue weighted by Gasteiger charge is -2.16. The molecule has 26 heavy (non-hydrogen) atoms. The molecule has 138 valence electrons. The van der Waals surface area contributed by atoms with Gasteiger partial charge in [-0.25, -0.2) is 12.8 Å². The first-order valence-corrected chi connectivity index (χ1v) is 9.75. The van der Waals surface area contributed by atoms with Crippen LogP contribution in [-0.4, -0.2) is 38.9 Å². The fourth-order valence-corrected chi connectivity index (χ4v) is 3.96. The number of halogens is 1. The summed E-state index contributed by atoms with van der Waals surface area (Å²) in [5, 5.41) is 0. The predicted octanol–water partition coefficient (Wildman–Crippen LogP) is 2.05. The van der Waals surface area contributed by atoms with E-state index in [0.29, 0.717) is 31.1 Å². The van der Waals surface area contributed by atoms with E-state index in [4.69, 9.17) is 5.73 Å². The van der Waals surface area contributed by atoms with Gasteiger partial charge >= 0.3 is 0 Å². The molecule has 0 aromatic heterocycles. The fourth-order valence-electron chi connectivity index (χ4n) is 2.90. The molecule has 1 atom stereocenters. The van der Waals surface area contributed by atoms with Crippen LogP contribution in [-0.2, 0) is 10.0 Å². The highest BCUT2D eigenvalue weighted by Crippen LogP contribution is 2.20. The van der Waals surface area contributed by atoms with E-state index >= 15 is 0 Å². The molecule has 3 rings (SSSR count). The van der Waals surface area contributed by atoms with Crippen molar-refractivity contribution in [3.05, 3.63) is 59.9 Å². The monoisotopic (exact) mass is 377 g/mol. The SMILES string of the molecule is NCC1CCN(C(=O)c2ccc(S(=O)(=O)Nc3ccc(F)cc3)cc2)C1. The summed E-state index contributed by atoms with van der Waals surface area (Å²) >= 11 is 0. The topological polar surface area (TPSA) is 92.5 Å². The molecule has 1 unspecified atom stereocenters. The smallest absolute Gasteiger partial charge is 0.261 e. The average Bonchev–Trinajstić information content (AvgIpc) is 3.12. The number of carbonyl (C=O) groups is 1. The van der Waals surface area contributed by atoms with E-state index < -0.39 is 15.8 Å². The normalized spacial score (nSPS) is 17.3. The number of benzene rings is 2. The van der Waals surface area contributed by atoms with Crippen molar-refractivity contribution in [2.45, 2.75) is 11.3 Å². The quantitative estimate of drug-likeness (QED) is 0.834. The van der Waals surface area contributed by atoms with E-state index in [1.54, 1.807) is 4.90 Å². The minimum Gasteiger partial charge on any atom is -0.338 e. The number of sulfonamides is 1. The second-order valence-corrected chi connectivity index (χ2v) is 7.96. The summed E-state index contributed by atoms with van der Waals surface area (Å²) in [6, 6.07) is 10.8. The third-order valence-corrected chi connectivity index (χ3v) is 5.81. The Morgan fingerprint density at radius 3 is 2.38 bits per heavy atom. The van der Waals surface area contributed by atoms with Crippen LogP contribution >= 0.6 is 0 Å². The van der Waals surface area contributed by atoms with Crippen LogP contribution in [0.1, 0.15) is 16.8 Å². The summed E-state index contributed by atoms with van der Waals surface area (Å²) in [4.78, 5) is 14.2. The molecule has 1 fully saturated rings. The number of carbonyl (C=O) groups excluding carboxylic acids is 1. The van der Waals surface area contributed by atoms with E-state index in [1.165, 1.54) is 48.5 Å². The Labute approximate surface area is 151 Å². The van der Waals surface area contributed by atoms with Gasteiger partial charge in [0.1, 0.15) is 5.82 Å². The zero-order valence-corrected chi connectivity index (χ0v) is 14.9. The molecule has 0 radical (unpaired) electrons. The molecule has 2 aromatic rings. The molecule has 0 spiro atoms. The number of anilines is 1. The van der Waals surface area contributed by atoms with E-state index in [1.807, 2.05) is 0 Å². The highest BCUT2D eigenvalue weighted by atomic mass is 32.2. The van der Waals surface area contributed by atoms with Gasteiger partial charge in [-0.05, 0) is 67.4 Å². The summed E-state index contributed by atoms with van der Waals surface area (Å²) in [6.45, 7) is 1.84. The lowest BCUT2D eigenvalue weighted by Crippen LogP contribution is -2.29. The molecule has 1 aliphatic rings. The second kappa shape index (κ2) is 7.43. The van der Waals surface area contributed by atoms with Crippen molar-refractivity contribution in [3.8, 4) is 0 Å². The number of hydrogen-bond donors (Lipinski definition) is 2. The van der Waals surface area contributed by atoms with Crippen LogP contribution in [0.5, 0.6) is 0 Å². The van der Waals surface area contributed by atoms with Crippen molar-refractivity contribution < 1.29 is 17.6 Å². The van der Waals surface area contributed by atoms with Gasteiger partial charge in [0.2, 0.25) is 0 Å². The van der Waals surface area contributed by atoms with Gasteiger partial charge in [0.25, 0.3) is 15.9 Å². The van der Waals surface area contributed by atoms with Crippen molar-refractivity contribution >= 4 is 21.6 Å². The number of hydrogen-bond acceptors (Lipinski definition) is 4. The number of nitrogens with two attached hydrogens (primary N) is 1. The number of nitrogens with one attached hydrogen (secondary N) is 1. The third kappa shape index (κ3) is 4.03. The molecule has 1 amide bonds. The van der Waals surface area contributed by atoms with Crippen LogP contribution in [0.15, 0.2) is 53.4 Å². The highest BCUT2D eigenvalue weighted by Gasteiger charge is 2.26. The minimum absolute atomic E-state index is 0.0274. The molecule has 1 aliphatic heterocycles. The molecule has 6 nitrogen and oxygen atoms in total. The van der Waals surface area contributed by atoms with Crippen molar-refractivity contribution in [1.29, 1.82) is 0 Å².